The number of nitro groups is 1. The van der Waals surface area contributed by atoms with Crippen LogP contribution >= 0.6 is 11.6 Å². The van der Waals surface area contributed by atoms with Gasteiger partial charge in [0.2, 0.25) is 5.91 Å². The molecule has 0 saturated carbocycles. The summed E-state index contributed by atoms with van der Waals surface area (Å²) in [4.78, 5) is 22.0. The maximum Gasteiger partial charge on any atom is 0.289 e. The number of nitro benzene ring substituents is 1. The number of nitrogens with two attached hydrogens (primary N) is 1. The highest BCUT2D eigenvalue weighted by Crippen LogP contribution is 2.27. The van der Waals surface area contributed by atoms with E-state index in [0.717, 1.165) is 0 Å². The van der Waals surface area contributed by atoms with Crippen molar-refractivity contribution in [1.29, 1.82) is 0 Å². The van der Waals surface area contributed by atoms with E-state index in [9.17, 15) is 14.9 Å². The number of rotatable bonds is 5. The van der Waals surface area contributed by atoms with Crippen LogP contribution in [-0.2, 0) is 17.9 Å². The maximum atomic E-state index is 11.8. The first kappa shape index (κ1) is 14.9. The Morgan fingerprint density at radius 1 is 1.52 bits per heavy atom. The average molecular weight is 311 g/mol. The fourth-order valence-corrected chi connectivity index (χ4v) is 1.77. The van der Waals surface area contributed by atoms with Crippen molar-refractivity contribution >= 4 is 28.9 Å². The second-order valence-electron chi connectivity index (χ2n) is 4.08. The molecule has 0 radical (unpaired) electrons. The Morgan fingerprint density at radius 3 is 2.90 bits per heavy atom. The molecule has 0 fully saturated rings. The summed E-state index contributed by atoms with van der Waals surface area (Å²) < 4.78 is 1.32. The molecule has 0 aliphatic heterocycles. The van der Waals surface area contributed by atoms with Crippen LogP contribution in [0.2, 0.25) is 5.02 Å². The number of carbonyl (C=O) groups excluding carboxylic acids is 1. The summed E-state index contributed by atoms with van der Waals surface area (Å²) in [6, 6.07) is 4.00. The van der Waals surface area contributed by atoms with E-state index >= 15 is 0 Å². The smallest absolute Gasteiger partial charge is 0.289 e. The molecule has 0 unspecified atom stereocenters. The van der Waals surface area contributed by atoms with Gasteiger partial charge >= 0.3 is 0 Å². The number of hydrogen-bond donors (Lipinski definition) is 2. The average Bonchev–Trinajstić information content (AvgIpc) is 2.88. The third-order valence-electron chi connectivity index (χ3n) is 2.53. The van der Waals surface area contributed by atoms with Crippen molar-refractivity contribution in [3.05, 3.63) is 45.2 Å². The topological polar surface area (TPSA) is 129 Å². The Morgan fingerprint density at radius 2 is 2.29 bits per heavy atom. The first-order valence-corrected chi connectivity index (χ1v) is 6.20. The van der Waals surface area contributed by atoms with E-state index in [-0.39, 0.29) is 29.5 Å². The molecule has 0 aliphatic carbocycles. The van der Waals surface area contributed by atoms with Crippen molar-refractivity contribution < 1.29 is 9.72 Å². The number of anilines is 1. The van der Waals surface area contributed by atoms with Gasteiger partial charge in [-0.15, -0.1) is 5.10 Å². The zero-order chi connectivity index (χ0) is 15.4. The van der Waals surface area contributed by atoms with E-state index < -0.39 is 10.8 Å². The second-order valence-corrected chi connectivity index (χ2v) is 4.49. The lowest BCUT2D eigenvalue weighted by atomic mass is 10.3. The van der Waals surface area contributed by atoms with Gasteiger partial charge in [0.25, 0.3) is 5.69 Å². The molecule has 2 aromatic rings. The minimum absolute atomic E-state index is 0.00172. The van der Waals surface area contributed by atoms with Crippen molar-refractivity contribution in [2.24, 2.45) is 5.73 Å². The fourth-order valence-electron chi connectivity index (χ4n) is 1.59. The molecular formula is C11H11ClN6O3. The number of nitrogens with zero attached hydrogens (tertiary/aromatic N) is 4. The molecule has 2 rings (SSSR count). The van der Waals surface area contributed by atoms with Gasteiger partial charge in [-0.3, -0.25) is 14.9 Å². The molecule has 110 valence electrons. The van der Waals surface area contributed by atoms with Crippen LogP contribution in [0.3, 0.4) is 0 Å². The largest absolute Gasteiger partial charge is 0.325 e. The van der Waals surface area contributed by atoms with Crippen LogP contribution in [0.4, 0.5) is 11.4 Å². The third-order valence-corrected chi connectivity index (χ3v) is 2.85. The molecule has 9 nitrogen and oxygen atoms in total. The quantitative estimate of drug-likeness (QED) is 0.624. The first-order chi connectivity index (χ1) is 9.99. The number of amides is 1. The number of hydrogen-bond acceptors (Lipinski definition) is 6. The molecule has 0 saturated heterocycles. The van der Waals surface area contributed by atoms with Crippen molar-refractivity contribution in [3.63, 3.8) is 0 Å². The highest BCUT2D eigenvalue weighted by atomic mass is 35.5. The summed E-state index contributed by atoms with van der Waals surface area (Å²) in [5.41, 5.74) is 5.94. The zero-order valence-electron chi connectivity index (χ0n) is 10.7. The molecule has 1 aromatic heterocycles. The number of aromatic nitrogens is 3. The van der Waals surface area contributed by atoms with Crippen LogP contribution in [0.1, 0.15) is 5.69 Å². The van der Waals surface area contributed by atoms with Gasteiger partial charge in [-0.1, -0.05) is 16.8 Å². The van der Waals surface area contributed by atoms with Gasteiger partial charge in [-0.25, -0.2) is 4.68 Å². The predicted molar refractivity (Wildman–Crippen MR) is 74.6 cm³/mol. The number of nitrogens with one attached hydrogen (secondary N) is 1. The molecule has 0 bridgehead atoms. The van der Waals surface area contributed by atoms with Gasteiger partial charge in [-0.05, 0) is 12.1 Å². The van der Waals surface area contributed by atoms with Gasteiger partial charge in [0, 0.05) is 18.3 Å². The van der Waals surface area contributed by atoms with Gasteiger partial charge in [0.05, 0.1) is 16.8 Å². The normalized spacial score (nSPS) is 10.4. The van der Waals surface area contributed by atoms with E-state index in [1.165, 1.54) is 22.9 Å². The van der Waals surface area contributed by atoms with Gasteiger partial charge < -0.3 is 11.1 Å². The number of carbonyl (C=O) groups is 1. The van der Waals surface area contributed by atoms with Gasteiger partial charge in [-0.2, -0.15) is 0 Å². The molecule has 0 aliphatic rings. The standard InChI is InChI=1S/C11H11ClN6O3/c12-9-2-1-7(3-10(9)18(20)21)14-11(19)6-17-5-8(4-13)15-16-17/h1-3,5H,4,6,13H2,(H,14,19). The summed E-state index contributed by atoms with van der Waals surface area (Å²) >= 11 is 5.69. The molecule has 0 atom stereocenters. The summed E-state index contributed by atoms with van der Waals surface area (Å²) in [6.45, 7) is 0.147. The SMILES string of the molecule is NCc1cn(CC(=O)Nc2ccc(Cl)c([N+](=O)[O-])c2)nn1. The molecule has 1 amide bonds. The molecule has 10 heteroatoms. The number of halogens is 1. The lowest BCUT2D eigenvalue weighted by Gasteiger charge is -2.05. The van der Waals surface area contributed by atoms with E-state index in [4.69, 9.17) is 17.3 Å². The minimum Gasteiger partial charge on any atom is -0.325 e. The monoisotopic (exact) mass is 310 g/mol. The molecule has 1 aromatic carbocycles. The summed E-state index contributed by atoms with van der Waals surface area (Å²) in [5.74, 6) is -0.403. The van der Waals surface area contributed by atoms with Crippen LogP contribution in [0, 0.1) is 10.1 Å². The molecular weight excluding hydrogens is 300 g/mol. The van der Waals surface area contributed by atoms with Gasteiger partial charge in [0.1, 0.15) is 11.6 Å². The van der Waals surface area contributed by atoms with E-state index in [2.05, 4.69) is 15.6 Å². The van der Waals surface area contributed by atoms with Gasteiger partial charge in [0.15, 0.2) is 0 Å². The Kier molecular flexibility index (Phi) is 4.45. The Bertz CT molecular complexity index is 686. The van der Waals surface area contributed by atoms with Crippen molar-refractivity contribution in [3.8, 4) is 0 Å². The van der Waals surface area contributed by atoms with Crippen LogP contribution in [0.15, 0.2) is 24.4 Å². The number of benzene rings is 1. The fraction of sp³-hybridized carbons (Fsp3) is 0.182. The molecule has 0 spiro atoms. The molecule has 3 N–H and O–H groups in total. The second kappa shape index (κ2) is 6.29. The highest BCUT2D eigenvalue weighted by Gasteiger charge is 2.14. The highest BCUT2D eigenvalue weighted by molar-refractivity contribution is 6.32. The van der Waals surface area contributed by atoms with Crippen molar-refractivity contribution in [2.75, 3.05) is 5.32 Å². The maximum absolute atomic E-state index is 11.8. The summed E-state index contributed by atoms with van der Waals surface area (Å²) in [5, 5.41) is 20.8. The van der Waals surface area contributed by atoms with Crippen LogP contribution in [0.5, 0.6) is 0 Å². The lowest BCUT2D eigenvalue weighted by Crippen LogP contribution is -2.19. The Hall–Kier alpha value is -2.52. The van der Waals surface area contributed by atoms with Crippen LogP contribution < -0.4 is 11.1 Å². The van der Waals surface area contributed by atoms with Crippen molar-refractivity contribution in [1.82, 2.24) is 15.0 Å². The third kappa shape index (κ3) is 3.74. The lowest BCUT2D eigenvalue weighted by molar-refractivity contribution is -0.384. The predicted octanol–water partition coefficient (Wildman–Crippen LogP) is 0.937. The zero-order valence-corrected chi connectivity index (χ0v) is 11.4. The minimum atomic E-state index is -0.622. The van der Waals surface area contributed by atoms with E-state index in [1.807, 2.05) is 0 Å². The Labute approximate surface area is 123 Å². The van der Waals surface area contributed by atoms with Crippen LogP contribution in [0.25, 0.3) is 0 Å². The Balaban J connectivity index is 2.05. The van der Waals surface area contributed by atoms with Crippen LogP contribution in [-0.4, -0.2) is 25.8 Å². The first-order valence-electron chi connectivity index (χ1n) is 5.82. The summed E-state index contributed by atoms with van der Waals surface area (Å²) in [7, 11) is 0. The summed E-state index contributed by atoms with van der Waals surface area (Å²) in [6.07, 6.45) is 1.55. The molecule has 21 heavy (non-hydrogen) atoms. The van der Waals surface area contributed by atoms with Crippen molar-refractivity contribution in [2.45, 2.75) is 13.1 Å². The molecule has 1 heterocycles. The van der Waals surface area contributed by atoms with E-state index in [0.29, 0.717) is 5.69 Å². The van der Waals surface area contributed by atoms with E-state index in [1.54, 1.807) is 6.20 Å².